The fourth-order valence-corrected chi connectivity index (χ4v) is 2.66. The van der Waals surface area contributed by atoms with E-state index in [0.717, 1.165) is 39.4 Å². The van der Waals surface area contributed by atoms with Gasteiger partial charge in [-0.2, -0.15) is 5.10 Å². The first kappa shape index (κ1) is 15.5. The second-order valence-electron chi connectivity index (χ2n) is 6.65. The Labute approximate surface area is 122 Å². The number of nitrogens with zero attached hydrogens (tertiary/aromatic N) is 2. The van der Waals surface area contributed by atoms with Gasteiger partial charge in [-0.1, -0.05) is 20.8 Å². The summed E-state index contributed by atoms with van der Waals surface area (Å²) >= 11 is 0. The first-order valence-electron chi connectivity index (χ1n) is 7.53. The van der Waals surface area contributed by atoms with Gasteiger partial charge in [0.2, 0.25) is 0 Å². The van der Waals surface area contributed by atoms with E-state index in [9.17, 15) is 0 Å². The summed E-state index contributed by atoms with van der Waals surface area (Å²) in [5.74, 6) is 0. The monoisotopic (exact) mass is 280 g/mol. The smallest absolute Gasteiger partial charge is 0.0594 e. The molecule has 0 saturated carbocycles. The van der Waals surface area contributed by atoms with E-state index in [1.807, 2.05) is 6.20 Å². The normalized spacial score (nSPS) is 19.2. The van der Waals surface area contributed by atoms with E-state index in [1.165, 1.54) is 11.3 Å². The van der Waals surface area contributed by atoms with Crippen LogP contribution < -0.4 is 5.32 Å². The third-order valence-corrected chi connectivity index (χ3v) is 3.89. The van der Waals surface area contributed by atoms with Crippen molar-refractivity contribution >= 4 is 0 Å². The summed E-state index contributed by atoms with van der Waals surface area (Å²) in [5, 5.41) is 10.9. The Hall–Kier alpha value is -0.910. The zero-order valence-corrected chi connectivity index (χ0v) is 13.2. The van der Waals surface area contributed by atoms with Gasteiger partial charge < -0.3 is 10.1 Å². The molecule has 1 atom stereocenters. The Morgan fingerprint density at radius 3 is 2.75 bits per heavy atom. The minimum Gasteiger partial charge on any atom is -0.379 e. The van der Waals surface area contributed by atoms with Crippen molar-refractivity contribution in [2.24, 2.45) is 0 Å². The number of hydrogen-bond acceptors (Lipinski definition) is 4. The maximum absolute atomic E-state index is 5.39. The Morgan fingerprint density at radius 2 is 2.10 bits per heavy atom. The lowest BCUT2D eigenvalue weighted by Crippen LogP contribution is -2.46. The molecule has 0 amide bonds. The molecule has 1 aliphatic rings. The first-order valence-corrected chi connectivity index (χ1v) is 7.53. The summed E-state index contributed by atoms with van der Waals surface area (Å²) in [4.78, 5) is 2.48. The molecule has 20 heavy (non-hydrogen) atoms. The van der Waals surface area contributed by atoms with E-state index >= 15 is 0 Å². The van der Waals surface area contributed by atoms with Gasteiger partial charge >= 0.3 is 0 Å². The fraction of sp³-hybridized carbons (Fsp3) is 0.800. The van der Waals surface area contributed by atoms with E-state index in [-0.39, 0.29) is 5.41 Å². The molecule has 0 spiro atoms. The molecule has 5 nitrogen and oxygen atoms in total. The summed E-state index contributed by atoms with van der Waals surface area (Å²) < 4.78 is 5.39. The molecule has 2 N–H and O–H groups in total. The van der Waals surface area contributed by atoms with Crippen LogP contribution in [-0.4, -0.2) is 54.0 Å². The zero-order chi connectivity index (χ0) is 14.6. The van der Waals surface area contributed by atoms with Crippen molar-refractivity contribution in [3.05, 3.63) is 17.5 Å². The second-order valence-corrected chi connectivity index (χ2v) is 6.65. The van der Waals surface area contributed by atoms with Crippen LogP contribution >= 0.6 is 0 Å². The highest BCUT2D eigenvalue weighted by Gasteiger charge is 2.20. The van der Waals surface area contributed by atoms with E-state index in [4.69, 9.17) is 4.74 Å². The first-order chi connectivity index (χ1) is 9.48. The highest BCUT2D eigenvalue weighted by atomic mass is 16.5. The van der Waals surface area contributed by atoms with Gasteiger partial charge in [-0.15, -0.1) is 0 Å². The molecule has 0 unspecified atom stereocenters. The Morgan fingerprint density at radius 1 is 1.40 bits per heavy atom. The van der Waals surface area contributed by atoms with E-state index < -0.39 is 0 Å². The molecule has 114 valence electrons. The predicted molar refractivity (Wildman–Crippen MR) is 80.8 cm³/mol. The van der Waals surface area contributed by atoms with Crippen molar-refractivity contribution in [1.82, 2.24) is 20.4 Å². The number of nitrogens with one attached hydrogen (secondary N) is 2. The highest BCUT2D eigenvalue weighted by molar-refractivity contribution is 5.23. The molecule has 2 heterocycles. The van der Waals surface area contributed by atoms with Crippen molar-refractivity contribution in [2.75, 3.05) is 32.8 Å². The third kappa shape index (κ3) is 4.04. The van der Waals surface area contributed by atoms with Crippen LogP contribution in [0.5, 0.6) is 0 Å². The highest BCUT2D eigenvalue weighted by Crippen LogP contribution is 2.23. The average molecular weight is 280 g/mol. The molecule has 2 rings (SSSR count). The van der Waals surface area contributed by atoms with Gasteiger partial charge in [0, 0.05) is 48.9 Å². The molecule has 1 fully saturated rings. The van der Waals surface area contributed by atoms with Gasteiger partial charge in [0.15, 0.2) is 0 Å². The lowest BCUT2D eigenvalue weighted by atomic mass is 9.89. The molecule has 5 heteroatoms. The molecule has 0 radical (unpaired) electrons. The Balaban J connectivity index is 1.79. The Kier molecular flexibility index (Phi) is 5.18. The van der Waals surface area contributed by atoms with Gasteiger partial charge in [-0.25, -0.2) is 0 Å². The quantitative estimate of drug-likeness (QED) is 0.858. The molecule has 0 bridgehead atoms. The molecule has 0 aliphatic carbocycles. The topological polar surface area (TPSA) is 53.2 Å². The standard InChI is InChI=1S/C15H28N4O/c1-12(19-5-7-20-8-6-19)9-16-10-13-11-17-18-14(13)15(2,3)4/h11-12,16H,5-10H2,1-4H3,(H,17,18)/t12-/m1/s1. The lowest BCUT2D eigenvalue weighted by molar-refractivity contribution is 0.0203. The van der Waals surface area contributed by atoms with Crippen LogP contribution in [0.3, 0.4) is 0 Å². The minimum absolute atomic E-state index is 0.114. The van der Waals surface area contributed by atoms with Crippen LogP contribution in [0.4, 0.5) is 0 Å². The van der Waals surface area contributed by atoms with Crippen LogP contribution in [0.1, 0.15) is 39.0 Å². The number of ether oxygens (including phenoxy) is 1. The largest absolute Gasteiger partial charge is 0.379 e. The molecule has 1 aromatic heterocycles. The molecular weight excluding hydrogens is 252 g/mol. The predicted octanol–water partition coefficient (Wildman–Crippen LogP) is 1.52. The second kappa shape index (κ2) is 6.70. The summed E-state index contributed by atoms with van der Waals surface area (Å²) in [6.45, 7) is 14.6. The minimum atomic E-state index is 0.114. The number of aromatic amines is 1. The Bertz CT molecular complexity index is 404. The van der Waals surface area contributed by atoms with Crippen molar-refractivity contribution in [2.45, 2.75) is 45.7 Å². The molecular formula is C15H28N4O. The van der Waals surface area contributed by atoms with Crippen LogP contribution in [0.25, 0.3) is 0 Å². The third-order valence-electron chi connectivity index (χ3n) is 3.89. The van der Waals surface area contributed by atoms with E-state index in [1.54, 1.807) is 0 Å². The van der Waals surface area contributed by atoms with Crippen molar-refractivity contribution in [1.29, 1.82) is 0 Å². The fourth-order valence-electron chi connectivity index (χ4n) is 2.66. The van der Waals surface area contributed by atoms with Crippen LogP contribution in [0.15, 0.2) is 6.20 Å². The van der Waals surface area contributed by atoms with Gasteiger partial charge in [0.25, 0.3) is 0 Å². The average Bonchev–Trinajstić information content (AvgIpc) is 2.88. The van der Waals surface area contributed by atoms with Gasteiger partial charge in [0.1, 0.15) is 0 Å². The number of rotatable bonds is 5. The molecule has 1 saturated heterocycles. The van der Waals surface area contributed by atoms with Crippen LogP contribution in [0, 0.1) is 0 Å². The SMILES string of the molecule is C[C@H](CNCc1cn[nH]c1C(C)(C)C)N1CCOCC1. The zero-order valence-electron chi connectivity index (χ0n) is 13.2. The molecule has 1 aliphatic heterocycles. The number of hydrogen-bond donors (Lipinski definition) is 2. The maximum Gasteiger partial charge on any atom is 0.0594 e. The van der Waals surface area contributed by atoms with Gasteiger partial charge in [-0.3, -0.25) is 10.00 Å². The summed E-state index contributed by atoms with van der Waals surface area (Å²) in [6, 6.07) is 0.545. The van der Waals surface area contributed by atoms with Crippen LogP contribution in [-0.2, 0) is 16.7 Å². The number of aromatic nitrogens is 2. The molecule has 1 aromatic rings. The van der Waals surface area contributed by atoms with Crippen LogP contribution in [0.2, 0.25) is 0 Å². The number of morpholine rings is 1. The van der Waals surface area contributed by atoms with Gasteiger partial charge in [-0.05, 0) is 6.92 Å². The summed E-state index contributed by atoms with van der Waals surface area (Å²) in [5.41, 5.74) is 2.61. The van der Waals surface area contributed by atoms with Crippen molar-refractivity contribution < 1.29 is 4.74 Å². The lowest BCUT2D eigenvalue weighted by Gasteiger charge is -2.32. The summed E-state index contributed by atoms with van der Waals surface area (Å²) in [7, 11) is 0. The molecule has 0 aromatic carbocycles. The maximum atomic E-state index is 5.39. The van der Waals surface area contributed by atoms with Crippen molar-refractivity contribution in [3.63, 3.8) is 0 Å². The van der Waals surface area contributed by atoms with Crippen molar-refractivity contribution in [3.8, 4) is 0 Å². The number of H-pyrrole nitrogens is 1. The van der Waals surface area contributed by atoms with E-state index in [0.29, 0.717) is 6.04 Å². The van der Waals surface area contributed by atoms with Gasteiger partial charge in [0.05, 0.1) is 19.4 Å². The summed E-state index contributed by atoms with van der Waals surface area (Å²) in [6.07, 6.45) is 1.94. The van der Waals surface area contributed by atoms with E-state index in [2.05, 4.69) is 48.1 Å².